The van der Waals surface area contributed by atoms with Crippen molar-refractivity contribution in [2.24, 2.45) is 0 Å². The van der Waals surface area contributed by atoms with E-state index in [1.807, 2.05) is 81.4 Å². The molecule has 0 saturated heterocycles. The molecule has 0 bridgehead atoms. The van der Waals surface area contributed by atoms with Crippen LogP contribution in [0.2, 0.25) is 5.02 Å². The van der Waals surface area contributed by atoms with E-state index < -0.39 is 35.5 Å². The number of amides is 4. The van der Waals surface area contributed by atoms with Crippen molar-refractivity contribution in [2.75, 3.05) is 7.11 Å². The maximum Gasteiger partial charge on any atom is 0.337 e. The predicted octanol–water partition coefficient (Wildman–Crippen LogP) is 6.15. The molecule has 2 atom stereocenters. The van der Waals surface area contributed by atoms with Crippen LogP contribution in [0.5, 0.6) is 5.75 Å². The van der Waals surface area contributed by atoms with Crippen LogP contribution < -0.4 is 20.7 Å². The van der Waals surface area contributed by atoms with E-state index in [1.165, 1.54) is 16.7 Å². The fourth-order valence-electron chi connectivity index (χ4n) is 6.54. The van der Waals surface area contributed by atoms with E-state index in [-0.39, 0.29) is 31.2 Å². The van der Waals surface area contributed by atoms with E-state index in [2.05, 4.69) is 26.3 Å². The first kappa shape index (κ1) is 38.5. The molecule has 14 heteroatoms. The number of esters is 1. The Labute approximate surface area is 323 Å². The number of methoxy groups -OCH3 is 1. The molecule has 1 aliphatic heterocycles. The molecule has 0 fully saturated rings. The maximum absolute atomic E-state index is 14.3. The van der Waals surface area contributed by atoms with Gasteiger partial charge in [-0.05, 0) is 56.2 Å². The lowest BCUT2D eigenvalue weighted by molar-refractivity contribution is -0.142. The number of fused-ring (bicyclic) bond motifs is 1. The Bertz CT molecular complexity index is 2270. The number of carbonyl (C=O) groups is 4. The van der Waals surface area contributed by atoms with Crippen LogP contribution in [-0.4, -0.2) is 56.4 Å². The van der Waals surface area contributed by atoms with Crippen LogP contribution in [0.4, 0.5) is 4.79 Å². The summed E-state index contributed by atoms with van der Waals surface area (Å²) in [7, 11) is 1.28. The normalized spacial score (nSPS) is 14.8. The number of hydrogen-bond acceptors (Lipinski definition) is 8. The van der Waals surface area contributed by atoms with Gasteiger partial charge in [-0.15, -0.1) is 5.10 Å². The highest BCUT2D eigenvalue weighted by Gasteiger charge is 2.36. The Kier molecular flexibility index (Phi) is 11.5. The Morgan fingerprint density at radius 2 is 1.69 bits per heavy atom. The third-order valence-corrected chi connectivity index (χ3v) is 9.27. The molecule has 284 valence electrons. The third-order valence-electron chi connectivity index (χ3n) is 8.93. The van der Waals surface area contributed by atoms with E-state index in [9.17, 15) is 19.2 Å². The molecule has 1 aromatic heterocycles. The molecule has 4 amide bonds. The zero-order chi connectivity index (χ0) is 39.3. The monoisotopic (exact) mass is 763 g/mol. The van der Waals surface area contributed by atoms with E-state index in [1.54, 1.807) is 43.5 Å². The second-order valence-corrected chi connectivity index (χ2v) is 14.5. The lowest BCUT2D eigenvalue weighted by Gasteiger charge is -2.34. The van der Waals surface area contributed by atoms with Crippen molar-refractivity contribution in [3.63, 3.8) is 0 Å². The van der Waals surface area contributed by atoms with Crippen molar-refractivity contribution in [3.05, 3.63) is 136 Å². The summed E-state index contributed by atoms with van der Waals surface area (Å²) < 4.78 is 12.8. The molecule has 2 heterocycles. The fraction of sp³-hybridized carbons (Fsp3) is 0.268. The first-order valence-corrected chi connectivity index (χ1v) is 18.0. The van der Waals surface area contributed by atoms with Gasteiger partial charge in [-0.1, -0.05) is 95.7 Å². The minimum Gasteiger partial charge on any atom is -0.487 e. The number of nitrogens with one attached hydrogen (secondary N) is 3. The second kappa shape index (κ2) is 16.4. The molecule has 2 unspecified atom stereocenters. The summed E-state index contributed by atoms with van der Waals surface area (Å²) >= 11 is 6.66. The summed E-state index contributed by atoms with van der Waals surface area (Å²) in [6.45, 7) is 7.08. The summed E-state index contributed by atoms with van der Waals surface area (Å²) in [5.41, 5.74) is 2.29. The summed E-state index contributed by atoms with van der Waals surface area (Å²) in [4.78, 5) is 55.5. The first-order chi connectivity index (χ1) is 26.3. The van der Waals surface area contributed by atoms with Crippen molar-refractivity contribution < 1.29 is 28.7 Å². The topological polar surface area (TPSA) is 157 Å². The maximum atomic E-state index is 14.3. The summed E-state index contributed by atoms with van der Waals surface area (Å²) in [6, 6.07) is 25.2. The van der Waals surface area contributed by atoms with Crippen LogP contribution in [0.1, 0.15) is 62.2 Å². The van der Waals surface area contributed by atoms with Crippen molar-refractivity contribution in [1.29, 1.82) is 0 Å². The molecule has 1 aliphatic rings. The number of aromatic nitrogens is 3. The number of benzene rings is 4. The fourth-order valence-corrected chi connectivity index (χ4v) is 6.78. The Hall–Kier alpha value is -6.21. The molecule has 6 rings (SSSR count). The molecular weight excluding hydrogens is 722 g/mol. The Balaban J connectivity index is 1.29. The van der Waals surface area contributed by atoms with Crippen LogP contribution >= 0.6 is 11.6 Å². The number of hydrogen-bond donors (Lipinski definition) is 3. The van der Waals surface area contributed by atoms with Crippen molar-refractivity contribution in [2.45, 2.75) is 65.0 Å². The van der Waals surface area contributed by atoms with Gasteiger partial charge in [0.05, 0.1) is 24.9 Å². The van der Waals surface area contributed by atoms with Crippen LogP contribution in [0.15, 0.2) is 108 Å². The molecular formula is C41H42ClN7O6. The predicted molar refractivity (Wildman–Crippen MR) is 207 cm³/mol. The number of allylic oxidation sites excluding steroid dienone is 1. The van der Waals surface area contributed by atoms with E-state index in [0.29, 0.717) is 33.3 Å². The number of rotatable bonds is 12. The quantitative estimate of drug-likeness (QED) is 0.128. The molecule has 55 heavy (non-hydrogen) atoms. The van der Waals surface area contributed by atoms with Crippen LogP contribution in [0.25, 0.3) is 10.8 Å². The molecule has 5 aromatic rings. The number of nitrogens with zero attached hydrogens (tertiary/aromatic N) is 4. The van der Waals surface area contributed by atoms with Gasteiger partial charge < -0.3 is 30.3 Å². The molecule has 0 aliphatic carbocycles. The van der Waals surface area contributed by atoms with Crippen molar-refractivity contribution >= 4 is 46.2 Å². The highest BCUT2D eigenvalue weighted by Crippen LogP contribution is 2.39. The summed E-state index contributed by atoms with van der Waals surface area (Å²) in [6.07, 6.45) is 1.59. The average molecular weight is 764 g/mol. The number of carbonyl (C=O) groups excluding carboxylic acids is 4. The number of urea groups is 1. The van der Waals surface area contributed by atoms with Gasteiger partial charge in [-0.2, -0.15) is 0 Å². The minimum absolute atomic E-state index is 0.0569. The molecule has 0 radical (unpaired) electrons. The lowest BCUT2D eigenvalue weighted by atomic mass is 9.90. The highest BCUT2D eigenvalue weighted by atomic mass is 35.5. The zero-order valence-electron chi connectivity index (χ0n) is 31.1. The lowest BCUT2D eigenvalue weighted by Crippen LogP contribution is -2.49. The molecule has 0 spiro atoms. The zero-order valence-corrected chi connectivity index (χ0v) is 31.9. The molecule has 0 saturated carbocycles. The number of ether oxygens (including phenoxy) is 2. The summed E-state index contributed by atoms with van der Waals surface area (Å²) in [5, 5.41) is 19.0. The standard InChI is InChI=1S/C41H42ClN7O6/c1-25-34(39(52)54-5)36(44-40(53)43-25)35-29-16-10-9-15-27(29)19-20-32(35)55-24-28-22-48(47-46-28)23-33(50)49(21-26-13-7-6-8-14-26)37(38(51)45-41(2,3)4)30-17-11-12-18-31(30)42/h6-20,22,36-37H,21,23-24H2,1-5H3,(H,45,51)(H2,43,44,53). The van der Waals surface area contributed by atoms with E-state index in [0.717, 1.165) is 16.3 Å². The Morgan fingerprint density at radius 1 is 0.982 bits per heavy atom. The summed E-state index contributed by atoms with van der Waals surface area (Å²) in [5.74, 6) is -0.983. The minimum atomic E-state index is -1.05. The van der Waals surface area contributed by atoms with Gasteiger partial charge in [0.1, 0.15) is 30.6 Å². The van der Waals surface area contributed by atoms with Gasteiger partial charge in [0.25, 0.3) is 0 Å². The highest BCUT2D eigenvalue weighted by molar-refractivity contribution is 6.31. The van der Waals surface area contributed by atoms with E-state index in [4.69, 9.17) is 21.1 Å². The second-order valence-electron chi connectivity index (χ2n) is 14.1. The largest absolute Gasteiger partial charge is 0.487 e. The first-order valence-electron chi connectivity index (χ1n) is 17.6. The van der Waals surface area contributed by atoms with E-state index >= 15 is 0 Å². The van der Waals surface area contributed by atoms with Gasteiger partial charge in [0.2, 0.25) is 11.8 Å². The van der Waals surface area contributed by atoms with Gasteiger partial charge >= 0.3 is 12.0 Å². The van der Waals surface area contributed by atoms with Gasteiger partial charge in [0.15, 0.2) is 0 Å². The van der Waals surface area contributed by atoms with Gasteiger partial charge in [-0.25, -0.2) is 14.3 Å². The SMILES string of the molecule is COC(=O)C1=C(C)NC(=O)NC1c1c(OCc2cn(CC(=O)N(Cc3ccccc3)C(C(=O)NC(C)(C)C)c3ccccc3Cl)nn2)ccc2ccccc12. The van der Waals surface area contributed by atoms with Crippen molar-refractivity contribution in [3.8, 4) is 5.75 Å². The Morgan fingerprint density at radius 3 is 2.42 bits per heavy atom. The van der Waals surface area contributed by atoms with Gasteiger partial charge in [-0.3, -0.25) is 9.59 Å². The third kappa shape index (κ3) is 8.95. The van der Waals surface area contributed by atoms with Crippen LogP contribution in [0, 0.1) is 0 Å². The molecule has 4 aromatic carbocycles. The smallest absolute Gasteiger partial charge is 0.337 e. The molecule has 3 N–H and O–H groups in total. The number of halogens is 1. The molecule has 13 nitrogen and oxygen atoms in total. The van der Waals surface area contributed by atoms with Gasteiger partial charge in [0, 0.05) is 33.9 Å². The van der Waals surface area contributed by atoms with Crippen LogP contribution in [0.3, 0.4) is 0 Å². The van der Waals surface area contributed by atoms with Crippen molar-refractivity contribution in [1.82, 2.24) is 35.8 Å². The van der Waals surface area contributed by atoms with Crippen LogP contribution in [-0.2, 0) is 38.8 Å². The average Bonchev–Trinajstić information content (AvgIpc) is 3.60.